The number of unbranched alkanes of at least 4 members (excludes halogenated alkanes) is 1. The van der Waals surface area contributed by atoms with Crippen molar-refractivity contribution in [3.05, 3.63) is 0 Å². The van der Waals surface area contributed by atoms with Crippen LogP contribution in [0.1, 0.15) is 44.9 Å². The highest BCUT2D eigenvalue weighted by molar-refractivity contribution is 5.96. The van der Waals surface area contributed by atoms with Crippen molar-refractivity contribution in [3.8, 4) is 0 Å². The molecule has 0 aromatic heterocycles. The molecule has 0 rings (SSSR count). The van der Waals surface area contributed by atoms with E-state index >= 15 is 0 Å². The van der Waals surface area contributed by atoms with Crippen molar-refractivity contribution in [1.82, 2.24) is 16.0 Å². The van der Waals surface area contributed by atoms with E-state index < -0.39 is 72.6 Å². The van der Waals surface area contributed by atoms with Crippen LogP contribution in [0.5, 0.6) is 0 Å². The number of aliphatic carboxylic acids is 2. The number of hydrogen-bond donors (Lipinski definition) is 10. The van der Waals surface area contributed by atoms with Crippen molar-refractivity contribution < 1.29 is 39.0 Å². The monoisotopic (exact) mass is 531 g/mol. The molecule has 4 atom stereocenters. The molecule has 4 unspecified atom stereocenters. The predicted octanol–water partition coefficient (Wildman–Crippen LogP) is -4.61. The van der Waals surface area contributed by atoms with Crippen molar-refractivity contribution in [3.63, 3.8) is 0 Å². The van der Waals surface area contributed by atoms with E-state index in [0.717, 1.165) is 0 Å². The minimum atomic E-state index is -1.56. The van der Waals surface area contributed by atoms with Gasteiger partial charge in [0.1, 0.15) is 18.1 Å². The van der Waals surface area contributed by atoms with Gasteiger partial charge in [-0.15, -0.1) is 0 Å². The SMILES string of the molecule is NCCCCC(NC(=O)C(N)CC(=O)O)C(=O)NC(CC(N)=O)C(=O)NC(CCCN=C(N)N)C(=O)O. The lowest BCUT2D eigenvalue weighted by Gasteiger charge is -2.24. The average molecular weight is 532 g/mol. The van der Waals surface area contributed by atoms with Crippen LogP contribution in [0.3, 0.4) is 0 Å². The molecule has 0 radical (unpaired) electrons. The zero-order chi connectivity index (χ0) is 28.5. The molecule has 0 aromatic carbocycles. The first kappa shape index (κ1) is 33.0. The molecule has 4 amide bonds. The number of rotatable bonds is 19. The van der Waals surface area contributed by atoms with Crippen LogP contribution < -0.4 is 44.6 Å². The van der Waals surface area contributed by atoms with Crippen LogP contribution in [0.4, 0.5) is 0 Å². The van der Waals surface area contributed by atoms with E-state index in [9.17, 15) is 33.9 Å². The summed E-state index contributed by atoms with van der Waals surface area (Å²) in [5.41, 5.74) is 26.6. The number of carbonyl (C=O) groups is 6. The predicted molar refractivity (Wildman–Crippen MR) is 130 cm³/mol. The summed E-state index contributed by atoms with van der Waals surface area (Å²) in [7, 11) is 0. The highest BCUT2D eigenvalue weighted by Crippen LogP contribution is 2.05. The molecular formula is C20H37N9O8. The number of nitrogens with zero attached hydrogens (tertiary/aromatic N) is 1. The topological polar surface area (TPSA) is 321 Å². The molecular weight excluding hydrogens is 494 g/mol. The molecule has 0 aliphatic carbocycles. The highest BCUT2D eigenvalue weighted by Gasteiger charge is 2.31. The fourth-order valence-corrected chi connectivity index (χ4v) is 3.04. The Morgan fingerprint density at radius 2 is 1.27 bits per heavy atom. The van der Waals surface area contributed by atoms with E-state index in [1.165, 1.54) is 0 Å². The molecule has 37 heavy (non-hydrogen) atoms. The molecule has 0 heterocycles. The zero-order valence-corrected chi connectivity index (χ0v) is 20.4. The minimum absolute atomic E-state index is 0.0576. The van der Waals surface area contributed by atoms with Gasteiger partial charge >= 0.3 is 11.9 Å². The Morgan fingerprint density at radius 1 is 0.730 bits per heavy atom. The number of carbonyl (C=O) groups excluding carboxylic acids is 4. The van der Waals surface area contributed by atoms with E-state index in [0.29, 0.717) is 19.4 Å². The molecule has 210 valence electrons. The summed E-state index contributed by atoms with van der Waals surface area (Å²) >= 11 is 0. The van der Waals surface area contributed by atoms with Crippen molar-refractivity contribution >= 4 is 41.5 Å². The van der Waals surface area contributed by atoms with Gasteiger partial charge in [0.2, 0.25) is 23.6 Å². The van der Waals surface area contributed by atoms with Crippen LogP contribution in [0.2, 0.25) is 0 Å². The maximum Gasteiger partial charge on any atom is 0.326 e. The quantitative estimate of drug-likeness (QED) is 0.0427. The summed E-state index contributed by atoms with van der Waals surface area (Å²) in [5, 5.41) is 25.1. The molecule has 17 heteroatoms. The minimum Gasteiger partial charge on any atom is -0.481 e. The lowest BCUT2D eigenvalue weighted by molar-refractivity contribution is -0.142. The second-order valence-electron chi connectivity index (χ2n) is 8.13. The number of carboxylic acids is 2. The molecule has 17 nitrogen and oxygen atoms in total. The standard InChI is InChI=1S/C20H37N9O8/c21-6-2-1-4-11(27-16(33)10(22)8-15(31)32)17(34)29-13(9-14(23)30)18(35)28-12(19(36)37)5-3-7-26-20(24)25/h10-13H,1-9,21-22H2,(H2,23,30)(H,27,33)(H,28,35)(H,29,34)(H,31,32)(H,36,37)(H4,24,25,26). The Labute approximate surface area is 212 Å². The number of nitrogens with one attached hydrogen (secondary N) is 3. The molecule has 15 N–H and O–H groups in total. The zero-order valence-electron chi connectivity index (χ0n) is 20.4. The maximum absolute atomic E-state index is 12.9. The van der Waals surface area contributed by atoms with E-state index in [-0.39, 0.29) is 31.8 Å². The first-order valence-electron chi connectivity index (χ1n) is 11.4. The second kappa shape index (κ2) is 17.4. The maximum atomic E-state index is 12.9. The Hall–Kier alpha value is -3.99. The van der Waals surface area contributed by atoms with E-state index in [2.05, 4.69) is 20.9 Å². The van der Waals surface area contributed by atoms with Crippen molar-refractivity contribution in [2.24, 2.45) is 33.7 Å². The van der Waals surface area contributed by atoms with Crippen molar-refractivity contribution in [2.75, 3.05) is 13.1 Å². The summed E-state index contributed by atoms with van der Waals surface area (Å²) in [6.45, 7) is 0.408. The third-order valence-electron chi connectivity index (χ3n) is 4.91. The van der Waals surface area contributed by atoms with Crippen molar-refractivity contribution in [1.29, 1.82) is 0 Å². The molecule has 0 saturated carbocycles. The molecule has 0 bridgehead atoms. The first-order valence-corrected chi connectivity index (χ1v) is 11.4. The second-order valence-corrected chi connectivity index (χ2v) is 8.13. The molecule has 0 aromatic rings. The number of carboxylic acid groups (broad SMARTS) is 2. The van der Waals surface area contributed by atoms with E-state index in [1.807, 2.05) is 0 Å². The third kappa shape index (κ3) is 14.9. The van der Waals surface area contributed by atoms with Gasteiger partial charge in [-0.25, -0.2) is 4.79 Å². The number of nitrogens with two attached hydrogens (primary N) is 5. The fourth-order valence-electron chi connectivity index (χ4n) is 3.04. The third-order valence-corrected chi connectivity index (χ3v) is 4.91. The summed E-state index contributed by atoms with van der Waals surface area (Å²) in [6, 6.07) is -5.64. The van der Waals surface area contributed by atoms with E-state index in [4.69, 9.17) is 33.8 Å². The smallest absolute Gasteiger partial charge is 0.326 e. The Bertz CT molecular complexity index is 848. The van der Waals surface area contributed by atoms with Gasteiger partial charge in [-0.3, -0.25) is 29.0 Å². The Balaban J connectivity index is 5.51. The summed E-state index contributed by atoms with van der Waals surface area (Å²) in [5.74, 6) is -6.66. The van der Waals surface area contributed by atoms with Gasteiger partial charge < -0.3 is 54.8 Å². The van der Waals surface area contributed by atoms with Gasteiger partial charge in [0.15, 0.2) is 5.96 Å². The van der Waals surface area contributed by atoms with Crippen molar-refractivity contribution in [2.45, 2.75) is 69.1 Å². The molecule has 0 spiro atoms. The van der Waals surface area contributed by atoms with Gasteiger partial charge in [0.25, 0.3) is 0 Å². The number of guanidine groups is 1. The summed E-state index contributed by atoms with van der Waals surface area (Å²) in [4.78, 5) is 75.5. The van der Waals surface area contributed by atoms with Gasteiger partial charge in [-0.05, 0) is 38.6 Å². The summed E-state index contributed by atoms with van der Waals surface area (Å²) < 4.78 is 0. The lowest BCUT2D eigenvalue weighted by atomic mass is 10.1. The normalized spacial score (nSPS) is 13.8. The molecule has 0 aliphatic rings. The van der Waals surface area contributed by atoms with Crippen LogP contribution in [0.25, 0.3) is 0 Å². The van der Waals surface area contributed by atoms with Crippen LogP contribution >= 0.6 is 0 Å². The first-order chi connectivity index (χ1) is 17.3. The van der Waals surface area contributed by atoms with Gasteiger partial charge in [-0.2, -0.15) is 0 Å². The van der Waals surface area contributed by atoms with Crippen LogP contribution in [-0.4, -0.2) is 89.0 Å². The van der Waals surface area contributed by atoms with Gasteiger partial charge in [-0.1, -0.05) is 0 Å². The number of primary amides is 1. The molecule has 0 saturated heterocycles. The highest BCUT2D eigenvalue weighted by atomic mass is 16.4. The van der Waals surface area contributed by atoms with Gasteiger partial charge in [0.05, 0.1) is 18.9 Å². The molecule has 0 aliphatic heterocycles. The van der Waals surface area contributed by atoms with E-state index in [1.54, 1.807) is 0 Å². The van der Waals surface area contributed by atoms with Crippen LogP contribution in [0, 0.1) is 0 Å². The average Bonchev–Trinajstić information content (AvgIpc) is 2.78. The van der Waals surface area contributed by atoms with Gasteiger partial charge in [0, 0.05) is 6.54 Å². The van der Waals surface area contributed by atoms with Crippen LogP contribution in [-0.2, 0) is 28.8 Å². The molecule has 0 fully saturated rings. The number of amides is 4. The fraction of sp³-hybridized carbons (Fsp3) is 0.650. The lowest BCUT2D eigenvalue weighted by Crippen LogP contribution is -2.57. The summed E-state index contributed by atoms with van der Waals surface area (Å²) in [6.07, 6.45) is -0.279. The number of aliphatic imine (C=N–C) groups is 1. The Kier molecular flexibility index (Phi) is 15.6. The van der Waals surface area contributed by atoms with Crippen LogP contribution in [0.15, 0.2) is 4.99 Å². The Morgan fingerprint density at radius 3 is 1.78 bits per heavy atom. The largest absolute Gasteiger partial charge is 0.481 e. The number of hydrogen-bond acceptors (Lipinski definition) is 9.